The van der Waals surface area contributed by atoms with Crippen molar-refractivity contribution in [2.45, 2.75) is 19.5 Å². The first kappa shape index (κ1) is 25.0. The Morgan fingerprint density at radius 2 is 1.72 bits per heavy atom. The Morgan fingerprint density at radius 3 is 2.28 bits per heavy atom. The lowest BCUT2D eigenvalue weighted by Crippen LogP contribution is -2.33. The number of halogens is 2. The maximum Gasteiger partial charge on any atom is 0.243 e. The normalized spacial score (nSPS) is 13.3. The van der Waals surface area contributed by atoms with E-state index in [1.54, 1.807) is 37.3 Å². The molecule has 1 N–H and O–H groups in total. The monoisotopic (exact) mass is 520 g/mol. The molecule has 0 unspecified atom stereocenters. The molecule has 1 atom stereocenters. The number of furan rings is 1. The zero-order valence-corrected chi connectivity index (χ0v) is 20.5. The third-order valence-electron chi connectivity index (χ3n) is 5.04. The number of benzene rings is 1. The van der Waals surface area contributed by atoms with Gasteiger partial charge in [-0.2, -0.15) is 0 Å². The lowest BCUT2D eigenvalue weighted by molar-refractivity contribution is 0.209. The van der Waals surface area contributed by atoms with Gasteiger partial charge >= 0.3 is 0 Å². The number of sulfonamides is 1. The molecule has 0 saturated heterocycles. The van der Waals surface area contributed by atoms with E-state index in [-0.39, 0.29) is 23.2 Å². The smallest absolute Gasteiger partial charge is 0.243 e. The zero-order chi connectivity index (χ0) is 26.1. The summed E-state index contributed by atoms with van der Waals surface area (Å²) in [6, 6.07) is 8.30. The summed E-state index contributed by atoms with van der Waals surface area (Å²) in [6.45, 7) is 2.71. The summed E-state index contributed by atoms with van der Waals surface area (Å²) >= 11 is 0. The molecular formula is C22H22F2N6O5S. The van der Waals surface area contributed by atoms with E-state index in [9.17, 15) is 12.8 Å². The Hall–Kier alpha value is -4.07. The number of aromatic nitrogens is 5. The van der Waals surface area contributed by atoms with Crippen molar-refractivity contribution in [1.29, 1.82) is 0 Å². The minimum absolute atomic E-state index is 0.133. The number of para-hydroxylation sites is 1. The molecule has 4 aromatic rings. The number of aryl methyl sites for hydroxylation is 1. The van der Waals surface area contributed by atoms with Crippen LogP contribution in [0.2, 0.25) is 0 Å². The van der Waals surface area contributed by atoms with Gasteiger partial charge in [-0.25, -0.2) is 27.2 Å². The fourth-order valence-electron chi connectivity index (χ4n) is 3.51. The van der Waals surface area contributed by atoms with E-state index < -0.39 is 33.1 Å². The molecule has 14 heteroatoms. The molecule has 0 spiro atoms. The van der Waals surface area contributed by atoms with E-state index in [4.69, 9.17) is 13.9 Å². The molecule has 4 rings (SSSR count). The van der Waals surface area contributed by atoms with Crippen molar-refractivity contribution in [2.75, 3.05) is 24.7 Å². The number of alkyl halides is 1. The Morgan fingerprint density at radius 1 is 1.08 bits per heavy atom. The Balaban J connectivity index is 1.80. The molecular weight excluding hydrogens is 498 g/mol. The van der Waals surface area contributed by atoms with Crippen LogP contribution in [-0.2, 0) is 15.7 Å². The number of anilines is 1. The van der Waals surface area contributed by atoms with Gasteiger partial charge in [0.2, 0.25) is 21.8 Å². The fourth-order valence-corrected chi connectivity index (χ4v) is 4.83. The van der Waals surface area contributed by atoms with Gasteiger partial charge in [0, 0.05) is 0 Å². The van der Waals surface area contributed by atoms with Crippen molar-refractivity contribution in [3.63, 3.8) is 0 Å². The maximum atomic E-state index is 15.3. The third kappa shape index (κ3) is 4.98. The number of hydrogen-bond acceptors (Lipinski definition) is 9. The molecule has 0 radical (unpaired) electrons. The summed E-state index contributed by atoms with van der Waals surface area (Å²) in [5.41, 5.74) is -2.27. The van der Waals surface area contributed by atoms with Gasteiger partial charge in [-0.05, 0) is 38.1 Å². The highest BCUT2D eigenvalue weighted by Crippen LogP contribution is 2.38. The SMILES string of the molecule is COc1cccc(OC)c1-n1c(NS(=O)(=O)C[C@](C)(F)c2ncc(F)cn2)nnc1-c1ccc(C)o1. The second-order valence-electron chi connectivity index (χ2n) is 7.89. The van der Waals surface area contributed by atoms with Crippen LogP contribution in [0.3, 0.4) is 0 Å². The number of rotatable bonds is 9. The lowest BCUT2D eigenvalue weighted by Gasteiger charge is -2.20. The van der Waals surface area contributed by atoms with Gasteiger partial charge in [0.15, 0.2) is 23.1 Å². The summed E-state index contributed by atoms with van der Waals surface area (Å²) in [4.78, 5) is 7.13. The second kappa shape index (κ2) is 9.53. The fraction of sp³-hybridized carbons (Fsp3) is 0.273. The highest BCUT2D eigenvalue weighted by molar-refractivity contribution is 7.92. The predicted octanol–water partition coefficient (Wildman–Crippen LogP) is 3.41. The topological polar surface area (TPSA) is 134 Å². The number of methoxy groups -OCH3 is 2. The summed E-state index contributed by atoms with van der Waals surface area (Å²) in [7, 11) is -1.56. The average molecular weight is 521 g/mol. The van der Waals surface area contributed by atoms with E-state index in [0.29, 0.717) is 17.3 Å². The molecule has 0 aliphatic carbocycles. The Bertz CT molecular complexity index is 1460. The number of nitrogens with one attached hydrogen (secondary N) is 1. The van der Waals surface area contributed by atoms with Crippen molar-refractivity contribution in [3.05, 3.63) is 60.1 Å². The van der Waals surface area contributed by atoms with Crippen molar-refractivity contribution in [1.82, 2.24) is 24.7 Å². The molecule has 1 aromatic carbocycles. The second-order valence-corrected chi connectivity index (χ2v) is 9.61. The molecule has 36 heavy (non-hydrogen) atoms. The molecule has 0 aliphatic rings. The molecule has 190 valence electrons. The highest BCUT2D eigenvalue weighted by Gasteiger charge is 2.37. The summed E-state index contributed by atoms with van der Waals surface area (Å²) in [6.07, 6.45) is 1.50. The molecule has 3 heterocycles. The summed E-state index contributed by atoms with van der Waals surface area (Å²) < 4.78 is 74.8. The predicted molar refractivity (Wildman–Crippen MR) is 125 cm³/mol. The van der Waals surface area contributed by atoms with Crippen molar-refractivity contribution < 1.29 is 31.1 Å². The summed E-state index contributed by atoms with van der Waals surface area (Å²) in [5.74, 6) is -1.01. The zero-order valence-electron chi connectivity index (χ0n) is 19.7. The quantitative estimate of drug-likeness (QED) is 0.352. The first-order chi connectivity index (χ1) is 17.0. The van der Waals surface area contributed by atoms with Gasteiger partial charge in [-0.3, -0.25) is 9.29 Å². The van der Waals surface area contributed by atoms with Gasteiger partial charge < -0.3 is 13.9 Å². The number of ether oxygens (including phenoxy) is 2. The first-order valence-electron chi connectivity index (χ1n) is 10.5. The molecule has 0 saturated carbocycles. The molecule has 0 fully saturated rings. The van der Waals surface area contributed by atoms with Crippen LogP contribution in [0.25, 0.3) is 17.3 Å². The molecule has 11 nitrogen and oxygen atoms in total. The van der Waals surface area contributed by atoms with Crippen LogP contribution in [0.5, 0.6) is 11.5 Å². The molecule has 3 aromatic heterocycles. The van der Waals surface area contributed by atoms with Crippen LogP contribution in [0.15, 0.2) is 47.1 Å². The van der Waals surface area contributed by atoms with Gasteiger partial charge in [0.1, 0.15) is 28.7 Å². The lowest BCUT2D eigenvalue weighted by atomic mass is 10.1. The molecule has 0 amide bonds. The maximum absolute atomic E-state index is 15.3. The van der Waals surface area contributed by atoms with E-state index in [1.807, 2.05) is 0 Å². The van der Waals surface area contributed by atoms with Crippen LogP contribution < -0.4 is 14.2 Å². The standard InChI is InChI=1S/C22H22F2N6O5S/c1-13-8-9-17(35-13)19-27-28-21(30(19)18-15(33-3)6-5-7-16(18)34-4)29-36(31,32)12-22(2,24)20-25-10-14(23)11-26-20/h5-11H,12H2,1-4H3,(H,28,29)/t22-/m0/s1. The van der Waals surface area contributed by atoms with Crippen molar-refractivity contribution >= 4 is 16.0 Å². The van der Waals surface area contributed by atoms with Crippen LogP contribution in [-0.4, -0.2) is 53.1 Å². The van der Waals surface area contributed by atoms with Gasteiger partial charge in [-0.15, -0.1) is 10.2 Å². The minimum Gasteiger partial charge on any atom is -0.494 e. The number of nitrogens with zero attached hydrogens (tertiary/aromatic N) is 5. The Labute approximate surface area is 205 Å². The van der Waals surface area contributed by atoms with Gasteiger partial charge in [0.05, 0.1) is 26.6 Å². The Kier molecular flexibility index (Phi) is 6.63. The average Bonchev–Trinajstić information content (AvgIpc) is 3.43. The molecule has 0 aliphatic heterocycles. The van der Waals surface area contributed by atoms with Crippen molar-refractivity contribution in [2.24, 2.45) is 0 Å². The van der Waals surface area contributed by atoms with Crippen LogP contribution >= 0.6 is 0 Å². The van der Waals surface area contributed by atoms with E-state index >= 15 is 4.39 Å². The van der Waals surface area contributed by atoms with Crippen molar-refractivity contribution in [3.8, 4) is 28.8 Å². The van der Waals surface area contributed by atoms with Crippen LogP contribution in [0.4, 0.5) is 14.7 Å². The highest BCUT2D eigenvalue weighted by atomic mass is 32.2. The van der Waals surface area contributed by atoms with Gasteiger partial charge in [0.25, 0.3) is 0 Å². The summed E-state index contributed by atoms with van der Waals surface area (Å²) in [5, 5.41) is 8.07. The van der Waals surface area contributed by atoms with E-state index in [2.05, 4.69) is 24.9 Å². The minimum atomic E-state index is -4.42. The van der Waals surface area contributed by atoms with Gasteiger partial charge in [-0.1, -0.05) is 6.07 Å². The van der Waals surface area contributed by atoms with E-state index in [1.165, 1.54) is 18.8 Å². The van der Waals surface area contributed by atoms with Crippen LogP contribution in [0.1, 0.15) is 18.5 Å². The molecule has 0 bridgehead atoms. The third-order valence-corrected chi connectivity index (χ3v) is 6.46. The first-order valence-corrected chi connectivity index (χ1v) is 12.1. The van der Waals surface area contributed by atoms with E-state index in [0.717, 1.165) is 19.3 Å². The van der Waals surface area contributed by atoms with Crippen LogP contribution in [0, 0.1) is 12.7 Å². The largest absolute Gasteiger partial charge is 0.494 e. The number of hydrogen-bond donors (Lipinski definition) is 1.